The Morgan fingerprint density at radius 3 is 2.71 bits per heavy atom. The molecule has 3 rings (SSSR count). The van der Waals surface area contributed by atoms with E-state index in [-0.39, 0.29) is 18.1 Å². The number of rotatable bonds is 5. The van der Waals surface area contributed by atoms with Gasteiger partial charge in [0.2, 0.25) is 5.91 Å². The molecule has 4 heteroatoms. The molecule has 3 atom stereocenters. The average Bonchev–Trinajstić information content (AvgIpc) is 2.98. The van der Waals surface area contributed by atoms with Crippen molar-refractivity contribution in [2.24, 2.45) is 5.92 Å². The minimum Gasteiger partial charge on any atom is -0.393 e. The summed E-state index contributed by atoms with van der Waals surface area (Å²) in [5.74, 6) is 0.496. The maximum absolute atomic E-state index is 12.7. The molecule has 1 saturated carbocycles. The van der Waals surface area contributed by atoms with Crippen molar-refractivity contribution in [1.29, 1.82) is 0 Å². The molecule has 132 valence electrons. The van der Waals surface area contributed by atoms with Crippen molar-refractivity contribution in [2.75, 3.05) is 27.2 Å². The number of likely N-dealkylation sites (N-methyl/N-ethyl adjacent to an activating group) is 2. The van der Waals surface area contributed by atoms with Crippen LogP contribution in [0.15, 0.2) is 24.3 Å². The molecule has 0 aromatic heterocycles. The summed E-state index contributed by atoms with van der Waals surface area (Å²) in [5, 5.41) is 9.97. The Morgan fingerprint density at radius 1 is 1.17 bits per heavy atom. The second-order valence-electron chi connectivity index (χ2n) is 7.57. The highest BCUT2D eigenvalue weighted by atomic mass is 16.3. The van der Waals surface area contributed by atoms with Gasteiger partial charge in [-0.25, -0.2) is 0 Å². The Kier molecular flexibility index (Phi) is 5.57. The predicted molar refractivity (Wildman–Crippen MR) is 95.7 cm³/mol. The van der Waals surface area contributed by atoms with Gasteiger partial charge in [-0.2, -0.15) is 0 Å². The van der Waals surface area contributed by atoms with Crippen LogP contribution in [0.2, 0.25) is 0 Å². The van der Waals surface area contributed by atoms with Crippen molar-refractivity contribution < 1.29 is 9.90 Å². The summed E-state index contributed by atoms with van der Waals surface area (Å²) in [6, 6.07) is 8.72. The molecule has 1 aromatic rings. The highest BCUT2D eigenvalue weighted by Crippen LogP contribution is 2.33. The number of fused-ring (bicyclic) bond motifs is 1. The SMILES string of the molecule is CN(CC(=O)N(C)C1CCCc2ccccc21)CC1CCCC1O. The molecule has 1 aromatic carbocycles. The van der Waals surface area contributed by atoms with E-state index in [4.69, 9.17) is 0 Å². The fraction of sp³-hybridized carbons (Fsp3) is 0.650. The van der Waals surface area contributed by atoms with Gasteiger partial charge in [0, 0.05) is 13.6 Å². The summed E-state index contributed by atoms with van der Waals surface area (Å²) in [6.07, 6.45) is 6.20. The third-order valence-corrected chi connectivity index (χ3v) is 5.77. The summed E-state index contributed by atoms with van der Waals surface area (Å²) < 4.78 is 0. The van der Waals surface area contributed by atoms with Crippen LogP contribution in [0.25, 0.3) is 0 Å². The van der Waals surface area contributed by atoms with E-state index in [1.54, 1.807) is 0 Å². The third-order valence-electron chi connectivity index (χ3n) is 5.77. The number of carbonyl (C=O) groups excluding carboxylic acids is 1. The highest BCUT2D eigenvalue weighted by molar-refractivity contribution is 5.78. The van der Waals surface area contributed by atoms with Crippen LogP contribution in [-0.2, 0) is 11.2 Å². The van der Waals surface area contributed by atoms with E-state index in [0.717, 1.165) is 45.1 Å². The fourth-order valence-corrected chi connectivity index (χ4v) is 4.34. The molecule has 0 aliphatic heterocycles. The number of amides is 1. The van der Waals surface area contributed by atoms with Gasteiger partial charge in [-0.1, -0.05) is 30.7 Å². The van der Waals surface area contributed by atoms with E-state index < -0.39 is 0 Å². The van der Waals surface area contributed by atoms with Gasteiger partial charge in [0.25, 0.3) is 0 Å². The van der Waals surface area contributed by atoms with Crippen molar-refractivity contribution in [2.45, 2.75) is 50.7 Å². The molecule has 1 amide bonds. The summed E-state index contributed by atoms with van der Waals surface area (Å²) in [7, 11) is 3.93. The molecule has 0 spiro atoms. The van der Waals surface area contributed by atoms with Crippen LogP contribution in [0.1, 0.15) is 49.3 Å². The van der Waals surface area contributed by atoms with Crippen LogP contribution in [0.5, 0.6) is 0 Å². The van der Waals surface area contributed by atoms with Crippen molar-refractivity contribution in [1.82, 2.24) is 9.80 Å². The minimum absolute atomic E-state index is 0.173. The van der Waals surface area contributed by atoms with Gasteiger partial charge in [0.1, 0.15) is 0 Å². The topological polar surface area (TPSA) is 43.8 Å². The summed E-state index contributed by atoms with van der Waals surface area (Å²) in [4.78, 5) is 16.7. The molecule has 3 unspecified atom stereocenters. The number of aliphatic hydroxyl groups excluding tert-OH is 1. The van der Waals surface area contributed by atoms with E-state index >= 15 is 0 Å². The van der Waals surface area contributed by atoms with Crippen LogP contribution >= 0.6 is 0 Å². The van der Waals surface area contributed by atoms with Crippen LogP contribution in [0.3, 0.4) is 0 Å². The monoisotopic (exact) mass is 330 g/mol. The van der Waals surface area contributed by atoms with Gasteiger partial charge in [0.15, 0.2) is 0 Å². The molecule has 4 nitrogen and oxygen atoms in total. The zero-order chi connectivity index (χ0) is 17.1. The predicted octanol–water partition coefficient (Wildman–Crippen LogP) is 2.62. The first-order valence-corrected chi connectivity index (χ1v) is 9.26. The summed E-state index contributed by atoms with van der Waals surface area (Å²) in [6.45, 7) is 1.24. The maximum atomic E-state index is 12.7. The van der Waals surface area contributed by atoms with Gasteiger partial charge < -0.3 is 10.0 Å². The number of hydrogen-bond donors (Lipinski definition) is 1. The lowest BCUT2D eigenvalue weighted by Crippen LogP contribution is -2.41. The van der Waals surface area contributed by atoms with Crippen LogP contribution in [0.4, 0.5) is 0 Å². The first kappa shape index (κ1) is 17.4. The van der Waals surface area contributed by atoms with E-state index in [9.17, 15) is 9.90 Å². The molecule has 0 saturated heterocycles. The third kappa shape index (κ3) is 3.81. The Labute approximate surface area is 145 Å². The molecular formula is C20H30N2O2. The zero-order valence-electron chi connectivity index (χ0n) is 14.9. The highest BCUT2D eigenvalue weighted by Gasteiger charge is 2.29. The molecule has 0 radical (unpaired) electrons. The molecule has 0 bridgehead atoms. The minimum atomic E-state index is -0.189. The maximum Gasteiger partial charge on any atom is 0.236 e. The average molecular weight is 330 g/mol. The van der Waals surface area contributed by atoms with Gasteiger partial charge in [0.05, 0.1) is 18.7 Å². The van der Waals surface area contributed by atoms with E-state index in [2.05, 4.69) is 29.2 Å². The molecule has 2 aliphatic rings. The quantitative estimate of drug-likeness (QED) is 0.902. The van der Waals surface area contributed by atoms with Gasteiger partial charge in [-0.15, -0.1) is 0 Å². The standard InChI is InChI=1S/C20H30N2O2/c1-21(13-16-9-6-12-19(16)23)14-20(24)22(2)18-11-5-8-15-7-3-4-10-17(15)18/h3-4,7,10,16,18-19,23H,5-6,8-9,11-14H2,1-2H3. The first-order valence-electron chi connectivity index (χ1n) is 9.26. The Bertz CT molecular complexity index is 575. The molecule has 24 heavy (non-hydrogen) atoms. The van der Waals surface area contributed by atoms with E-state index in [1.165, 1.54) is 11.1 Å². The second kappa shape index (κ2) is 7.66. The molecule has 2 aliphatic carbocycles. The van der Waals surface area contributed by atoms with E-state index in [0.29, 0.717) is 12.5 Å². The van der Waals surface area contributed by atoms with E-state index in [1.807, 2.05) is 19.0 Å². The number of hydrogen-bond acceptors (Lipinski definition) is 3. The number of benzene rings is 1. The van der Waals surface area contributed by atoms with Gasteiger partial charge >= 0.3 is 0 Å². The van der Waals surface area contributed by atoms with Crippen LogP contribution < -0.4 is 0 Å². The fourth-order valence-electron chi connectivity index (χ4n) is 4.34. The van der Waals surface area contributed by atoms with Gasteiger partial charge in [-0.05, 0) is 56.2 Å². The molecule has 0 heterocycles. The summed E-state index contributed by atoms with van der Waals surface area (Å²) in [5.41, 5.74) is 2.70. The number of carbonyl (C=O) groups is 1. The second-order valence-corrected chi connectivity index (χ2v) is 7.57. The van der Waals surface area contributed by atoms with Crippen molar-refractivity contribution in [3.8, 4) is 0 Å². The van der Waals surface area contributed by atoms with Crippen molar-refractivity contribution in [3.05, 3.63) is 35.4 Å². The molecule has 1 fully saturated rings. The van der Waals surface area contributed by atoms with Crippen molar-refractivity contribution in [3.63, 3.8) is 0 Å². The van der Waals surface area contributed by atoms with Crippen LogP contribution in [-0.4, -0.2) is 54.1 Å². The van der Waals surface area contributed by atoms with Crippen LogP contribution in [0, 0.1) is 5.92 Å². The first-order chi connectivity index (χ1) is 11.6. The number of aliphatic hydroxyl groups is 1. The normalized spacial score (nSPS) is 26.4. The Morgan fingerprint density at radius 2 is 1.96 bits per heavy atom. The largest absolute Gasteiger partial charge is 0.393 e. The van der Waals surface area contributed by atoms with Gasteiger partial charge in [-0.3, -0.25) is 9.69 Å². The Balaban J connectivity index is 1.59. The van der Waals surface area contributed by atoms with Crippen molar-refractivity contribution >= 4 is 5.91 Å². The lowest BCUT2D eigenvalue weighted by molar-refractivity contribution is -0.133. The lowest BCUT2D eigenvalue weighted by atomic mass is 9.87. The number of aryl methyl sites for hydroxylation is 1. The number of nitrogens with zero attached hydrogens (tertiary/aromatic N) is 2. The lowest BCUT2D eigenvalue weighted by Gasteiger charge is -2.34. The summed E-state index contributed by atoms with van der Waals surface area (Å²) >= 11 is 0. The smallest absolute Gasteiger partial charge is 0.236 e. The Hall–Kier alpha value is -1.39. The zero-order valence-corrected chi connectivity index (χ0v) is 14.9. The molecular weight excluding hydrogens is 300 g/mol. The molecule has 1 N–H and O–H groups in total.